The maximum Gasteiger partial charge on any atom is 0.178 e. The van der Waals surface area contributed by atoms with Crippen LogP contribution in [0.4, 0.5) is 8.78 Å². The predicted octanol–water partition coefficient (Wildman–Crippen LogP) is 3.42. The van der Waals surface area contributed by atoms with Crippen LogP contribution in [-0.2, 0) is 6.54 Å². The van der Waals surface area contributed by atoms with Crippen LogP contribution in [0.2, 0.25) is 0 Å². The smallest absolute Gasteiger partial charge is 0.178 e. The number of nitrogens with zero attached hydrogens (tertiary/aromatic N) is 2. The summed E-state index contributed by atoms with van der Waals surface area (Å²) in [5.41, 5.74) is 1.59. The van der Waals surface area contributed by atoms with Crippen molar-refractivity contribution in [3.63, 3.8) is 0 Å². The lowest BCUT2D eigenvalue weighted by Crippen LogP contribution is -2.00. The quantitative estimate of drug-likeness (QED) is 0.728. The molecule has 1 N–H and O–H groups in total. The monoisotopic (exact) mass is 277 g/mol. The number of halogens is 2. The maximum absolute atomic E-state index is 13.6. The Labute approximate surface area is 112 Å². The van der Waals surface area contributed by atoms with Gasteiger partial charge in [-0.2, -0.15) is 0 Å². The van der Waals surface area contributed by atoms with Crippen molar-refractivity contribution in [2.45, 2.75) is 6.54 Å². The Balaban J connectivity index is 2.18. The highest BCUT2D eigenvalue weighted by molar-refractivity contribution is 7.71. The fraction of sp³-hybridized carbons (Fsp3) is 0.0769. The molecule has 2 aromatic heterocycles. The molecule has 3 nitrogen and oxygen atoms in total. The first kappa shape index (κ1) is 12.0. The number of imidazole rings is 1. The van der Waals surface area contributed by atoms with E-state index in [1.165, 1.54) is 6.07 Å². The van der Waals surface area contributed by atoms with Crippen LogP contribution >= 0.6 is 12.2 Å². The van der Waals surface area contributed by atoms with Gasteiger partial charge in [-0.05, 0) is 36.0 Å². The molecule has 0 fully saturated rings. The van der Waals surface area contributed by atoms with Gasteiger partial charge in [-0.25, -0.2) is 8.78 Å². The van der Waals surface area contributed by atoms with Gasteiger partial charge in [-0.3, -0.25) is 4.98 Å². The molecule has 0 amide bonds. The van der Waals surface area contributed by atoms with E-state index >= 15 is 0 Å². The highest BCUT2D eigenvalue weighted by atomic mass is 32.1. The average molecular weight is 277 g/mol. The van der Waals surface area contributed by atoms with Gasteiger partial charge in [0.2, 0.25) is 0 Å². The second-order valence-electron chi connectivity index (χ2n) is 4.15. The largest absolute Gasteiger partial charge is 0.328 e. The van der Waals surface area contributed by atoms with Crippen molar-refractivity contribution in [2.75, 3.05) is 0 Å². The minimum Gasteiger partial charge on any atom is -0.328 e. The molecule has 1 aromatic carbocycles. The van der Waals surface area contributed by atoms with E-state index in [2.05, 4.69) is 9.97 Å². The summed E-state index contributed by atoms with van der Waals surface area (Å²) in [7, 11) is 0. The molecule has 0 aliphatic carbocycles. The summed E-state index contributed by atoms with van der Waals surface area (Å²) < 4.78 is 29.0. The molecule has 0 aliphatic heterocycles. The van der Waals surface area contributed by atoms with E-state index in [0.717, 1.165) is 11.6 Å². The first-order valence-corrected chi connectivity index (χ1v) is 6.02. The standard InChI is InChI=1S/C13H9F2N3S/c14-9-5-10(15)12-11(6-9)18(13(19)17-12)7-8-1-3-16-4-2-8/h1-6H,7H2,(H,17,19). The topological polar surface area (TPSA) is 33.6 Å². The SMILES string of the molecule is Fc1cc(F)c2[nH]c(=S)n(Cc3ccncc3)c2c1. The first-order valence-electron chi connectivity index (χ1n) is 5.61. The number of hydrogen-bond acceptors (Lipinski definition) is 2. The summed E-state index contributed by atoms with van der Waals surface area (Å²) in [6.07, 6.45) is 3.32. The van der Waals surface area contributed by atoms with Crippen LogP contribution in [0.15, 0.2) is 36.7 Å². The fourth-order valence-electron chi connectivity index (χ4n) is 2.01. The summed E-state index contributed by atoms with van der Waals surface area (Å²) in [5.74, 6) is -1.27. The number of H-pyrrole nitrogens is 1. The van der Waals surface area contributed by atoms with Crippen molar-refractivity contribution in [3.8, 4) is 0 Å². The van der Waals surface area contributed by atoms with E-state index in [4.69, 9.17) is 12.2 Å². The molecular weight excluding hydrogens is 268 g/mol. The van der Waals surface area contributed by atoms with Gasteiger partial charge in [0, 0.05) is 18.5 Å². The molecule has 96 valence electrons. The Bertz CT molecular complexity index is 793. The zero-order valence-electron chi connectivity index (χ0n) is 9.73. The number of nitrogens with one attached hydrogen (secondary N) is 1. The summed E-state index contributed by atoms with van der Waals surface area (Å²) >= 11 is 5.16. The van der Waals surface area contributed by atoms with Crippen molar-refractivity contribution < 1.29 is 8.78 Å². The van der Waals surface area contributed by atoms with Crippen LogP contribution in [0.25, 0.3) is 11.0 Å². The predicted molar refractivity (Wildman–Crippen MR) is 70.4 cm³/mol. The van der Waals surface area contributed by atoms with Crippen molar-refractivity contribution in [2.24, 2.45) is 0 Å². The fourth-order valence-corrected chi connectivity index (χ4v) is 2.27. The molecular formula is C13H9F2N3S. The molecule has 3 rings (SSSR count). The minimum atomic E-state index is -0.644. The molecule has 0 radical (unpaired) electrons. The maximum atomic E-state index is 13.6. The Hall–Kier alpha value is -2.08. The molecule has 0 atom stereocenters. The third kappa shape index (κ3) is 2.15. The van der Waals surface area contributed by atoms with Crippen molar-refractivity contribution in [1.82, 2.24) is 14.5 Å². The lowest BCUT2D eigenvalue weighted by Gasteiger charge is -2.04. The Morgan fingerprint density at radius 1 is 1.21 bits per heavy atom. The third-order valence-electron chi connectivity index (χ3n) is 2.89. The average Bonchev–Trinajstić information content (AvgIpc) is 2.69. The number of hydrogen-bond donors (Lipinski definition) is 1. The van der Waals surface area contributed by atoms with Gasteiger partial charge >= 0.3 is 0 Å². The van der Waals surface area contributed by atoms with Crippen LogP contribution in [0.5, 0.6) is 0 Å². The lowest BCUT2D eigenvalue weighted by atomic mass is 10.2. The normalized spacial score (nSPS) is 11.1. The zero-order chi connectivity index (χ0) is 13.4. The Kier molecular flexibility index (Phi) is 2.87. The molecule has 0 spiro atoms. The molecule has 0 unspecified atom stereocenters. The van der Waals surface area contributed by atoms with Gasteiger partial charge in [0.15, 0.2) is 10.6 Å². The molecule has 2 heterocycles. The van der Waals surface area contributed by atoms with Gasteiger partial charge in [0.25, 0.3) is 0 Å². The number of benzene rings is 1. The van der Waals surface area contributed by atoms with Gasteiger partial charge in [0.1, 0.15) is 11.3 Å². The summed E-state index contributed by atoms with van der Waals surface area (Å²) in [4.78, 5) is 6.69. The first-order chi connectivity index (χ1) is 9.15. The molecule has 0 aliphatic rings. The van der Waals surface area contributed by atoms with E-state index in [0.29, 0.717) is 16.8 Å². The lowest BCUT2D eigenvalue weighted by molar-refractivity contribution is 0.590. The third-order valence-corrected chi connectivity index (χ3v) is 3.21. The second kappa shape index (κ2) is 4.55. The second-order valence-corrected chi connectivity index (χ2v) is 4.54. The van der Waals surface area contributed by atoms with Gasteiger partial charge in [0.05, 0.1) is 12.1 Å². The molecule has 0 saturated carbocycles. The van der Waals surface area contributed by atoms with E-state index in [1.54, 1.807) is 17.0 Å². The van der Waals surface area contributed by atoms with Crippen molar-refractivity contribution in [1.29, 1.82) is 0 Å². The molecule has 19 heavy (non-hydrogen) atoms. The summed E-state index contributed by atoms with van der Waals surface area (Å²) in [5, 5.41) is 0. The Morgan fingerprint density at radius 2 is 1.95 bits per heavy atom. The van der Waals surface area contributed by atoms with Crippen LogP contribution in [0.1, 0.15) is 5.56 Å². The van der Waals surface area contributed by atoms with Crippen molar-refractivity contribution in [3.05, 3.63) is 58.6 Å². The summed E-state index contributed by atoms with van der Waals surface area (Å²) in [6, 6.07) is 5.77. The number of pyridine rings is 1. The van der Waals surface area contributed by atoms with Crippen LogP contribution in [0, 0.1) is 16.4 Å². The number of fused-ring (bicyclic) bond motifs is 1. The number of rotatable bonds is 2. The highest BCUT2D eigenvalue weighted by Crippen LogP contribution is 2.20. The van der Waals surface area contributed by atoms with Gasteiger partial charge in [-0.1, -0.05) is 0 Å². The van der Waals surface area contributed by atoms with Crippen LogP contribution in [-0.4, -0.2) is 14.5 Å². The summed E-state index contributed by atoms with van der Waals surface area (Å²) in [6.45, 7) is 0.435. The number of aromatic nitrogens is 3. The molecule has 0 bridgehead atoms. The van der Waals surface area contributed by atoms with Crippen molar-refractivity contribution >= 4 is 23.3 Å². The van der Waals surface area contributed by atoms with E-state index in [9.17, 15) is 8.78 Å². The molecule has 6 heteroatoms. The van der Waals surface area contributed by atoms with Crippen LogP contribution < -0.4 is 0 Å². The molecule has 0 saturated heterocycles. The number of aromatic amines is 1. The zero-order valence-corrected chi connectivity index (χ0v) is 10.5. The highest BCUT2D eigenvalue weighted by Gasteiger charge is 2.11. The minimum absolute atomic E-state index is 0.223. The van der Waals surface area contributed by atoms with E-state index < -0.39 is 11.6 Å². The van der Waals surface area contributed by atoms with Crippen LogP contribution in [0.3, 0.4) is 0 Å². The Morgan fingerprint density at radius 3 is 2.68 bits per heavy atom. The van der Waals surface area contributed by atoms with E-state index in [-0.39, 0.29) is 5.52 Å². The molecule has 3 aromatic rings. The van der Waals surface area contributed by atoms with Gasteiger partial charge < -0.3 is 9.55 Å². The van der Waals surface area contributed by atoms with Gasteiger partial charge in [-0.15, -0.1) is 0 Å². The van der Waals surface area contributed by atoms with E-state index in [1.807, 2.05) is 12.1 Å².